The second kappa shape index (κ2) is 7.11. The number of allylic oxidation sites excluding steroid dienone is 1. The largest absolute Gasteiger partial charge is 0.508 e. The van der Waals surface area contributed by atoms with Crippen LogP contribution in [-0.2, 0) is 4.79 Å². The number of hydrogen-bond donors (Lipinski definition) is 1. The Morgan fingerprint density at radius 3 is 2.55 bits per heavy atom. The van der Waals surface area contributed by atoms with Crippen molar-refractivity contribution in [3.8, 4) is 5.75 Å². The van der Waals surface area contributed by atoms with E-state index >= 15 is 0 Å². The molecule has 2 rings (SSSR count). The van der Waals surface area contributed by atoms with Gasteiger partial charge < -0.3 is 14.9 Å². The van der Waals surface area contributed by atoms with Crippen LogP contribution in [0, 0.1) is 0 Å². The lowest BCUT2D eigenvalue weighted by atomic mass is 10.1. The summed E-state index contributed by atoms with van der Waals surface area (Å²) in [5.74, 6) is 0.157. The van der Waals surface area contributed by atoms with Crippen LogP contribution in [-0.4, -0.2) is 49.3 Å². The Hall–Kier alpha value is -2.30. The smallest absolute Gasteiger partial charge is 0.261 e. The fourth-order valence-corrected chi connectivity index (χ4v) is 2.66. The number of anilines is 1. The monoisotopic (exact) mass is 301 g/mol. The highest BCUT2D eigenvalue weighted by Crippen LogP contribution is 2.25. The fraction of sp³-hybridized carbons (Fsp3) is 0.412. The van der Waals surface area contributed by atoms with Gasteiger partial charge in [-0.3, -0.25) is 9.79 Å². The second-order valence-electron chi connectivity index (χ2n) is 5.39. The summed E-state index contributed by atoms with van der Waals surface area (Å²) in [6.45, 7) is 3.48. The van der Waals surface area contributed by atoms with Gasteiger partial charge in [-0.05, 0) is 30.7 Å². The summed E-state index contributed by atoms with van der Waals surface area (Å²) in [6, 6.07) is 6.72. The van der Waals surface area contributed by atoms with Gasteiger partial charge in [-0.1, -0.05) is 13.3 Å². The minimum absolute atomic E-state index is 0.0379. The van der Waals surface area contributed by atoms with Crippen molar-refractivity contribution in [2.45, 2.75) is 19.8 Å². The van der Waals surface area contributed by atoms with Crippen molar-refractivity contribution < 1.29 is 9.90 Å². The molecule has 1 amide bonds. The van der Waals surface area contributed by atoms with E-state index in [1.807, 2.05) is 7.05 Å². The molecule has 0 spiro atoms. The number of aliphatic imine (C=N–C) groups is 1. The first-order valence-electron chi connectivity index (χ1n) is 7.55. The number of rotatable bonds is 4. The molecular weight excluding hydrogens is 278 g/mol. The molecule has 118 valence electrons. The first-order valence-corrected chi connectivity index (χ1v) is 7.55. The molecular formula is C17H23N3O2. The molecule has 0 radical (unpaired) electrons. The third kappa shape index (κ3) is 3.30. The number of phenolic OH excluding ortho intramolecular Hbond substituents is 1. The summed E-state index contributed by atoms with van der Waals surface area (Å²) < 4.78 is 0. The molecule has 0 saturated carbocycles. The number of amides is 1. The molecule has 0 fully saturated rings. The highest BCUT2D eigenvalue weighted by atomic mass is 16.3. The van der Waals surface area contributed by atoms with Crippen LogP contribution in [0.4, 0.5) is 5.69 Å². The Bertz CT molecular complexity index is 590. The van der Waals surface area contributed by atoms with Gasteiger partial charge in [0.2, 0.25) is 0 Å². The summed E-state index contributed by atoms with van der Waals surface area (Å²) >= 11 is 0. The van der Waals surface area contributed by atoms with Crippen molar-refractivity contribution in [3.05, 3.63) is 35.5 Å². The average Bonchev–Trinajstić information content (AvgIpc) is 2.62. The second-order valence-corrected chi connectivity index (χ2v) is 5.39. The summed E-state index contributed by atoms with van der Waals surface area (Å²) in [5, 5.41) is 9.42. The molecule has 5 heteroatoms. The molecule has 1 aromatic rings. The molecule has 5 nitrogen and oxygen atoms in total. The van der Waals surface area contributed by atoms with E-state index in [0.29, 0.717) is 12.1 Å². The van der Waals surface area contributed by atoms with Crippen LogP contribution in [0.3, 0.4) is 0 Å². The molecule has 1 N–H and O–H groups in total. The molecule has 0 saturated heterocycles. The number of benzene rings is 1. The third-order valence-corrected chi connectivity index (χ3v) is 3.81. The number of nitrogens with zero attached hydrogens (tertiary/aromatic N) is 3. The van der Waals surface area contributed by atoms with Gasteiger partial charge in [0.15, 0.2) is 0 Å². The maximum atomic E-state index is 12.9. The van der Waals surface area contributed by atoms with E-state index in [2.05, 4.69) is 16.8 Å². The van der Waals surface area contributed by atoms with Crippen LogP contribution >= 0.6 is 0 Å². The van der Waals surface area contributed by atoms with Crippen LogP contribution < -0.4 is 4.90 Å². The predicted octanol–water partition coefficient (Wildman–Crippen LogP) is 2.43. The number of likely N-dealkylation sites (N-methyl/N-ethyl adjacent to an activating group) is 1. The summed E-state index contributed by atoms with van der Waals surface area (Å²) in [4.78, 5) is 20.9. The SMILES string of the molecule is CCCC1=C(C=NC)C(=O)N(c2ccc(O)cc2)CCN1C. The van der Waals surface area contributed by atoms with Crippen molar-refractivity contribution in [2.24, 2.45) is 4.99 Å². The summed E-state index contributed by atoms with van der Waals surface area (Å²) in [6.07, 6.45) is 3.49. The molecule has 22 heavy (non-hydrogen) atoms. The summed E-state index contributed by atoms with van der Waals surface area (Å²) in [5.41, 5.74) is 2.48. The van der Waals surface area contributed by atoms with Crippen molar-refractivity contribution in [2.75, 3.05) is 32.1 Å². The van der Waals surface area contributed by atoms with Gasteiger partial charge in [0.05, 0.1) is 5.57 Å². The Kier molecular flexibility index (Phi) is 5.20. The van der Waals surface area contributed by atoms with Crippen LogP contribution in [0.1, 0.15) is 19.8 Å². The normalized spacial score (nSPS) is 16.6. The maximum Gasteiger partial charge on any atom is 0.261 e. The molecule has 0 bridgehead atoms. The Labute approximate surface area is 131 Å². The van der Waals surface area contributed by atoms with Gasteiger partial charge in [0.1, 0.15) is 5.75 Å². The number of hydrogen-bond acceptors (Lipinski definition) is 4. The Morgan fingerprint density at radius 2 is 1.95 bits per heavy atom. The van der Waals surface area contributed by atoms with Gasteiger partial charge in [-0.15, -0.1) is 0 Å². The quantitative estimate of drug-likeness (QED) is 0.869. The van der Waals surface area contributed by atoms with E-state index in [0.717, 1.165) is 30.8 Å². The fourth-order valence-electron chi connectivity index (χ4n) is 2.66. The zero-order valence-electron chi connectivity index (χ0n) is 13.4. The molecule has 0 unspecified atom stereocenters. The molecule has 1 heterocycles. The Morgan fingerprint density at radius 1 is 1.27 bits per heavy atom. The van der Waals surface area contributed by atoms with E-state index in [1.165, 1.54) is 0 Å². The average molecular weight is 301 g/mol. The van der Waals surface area contributed by atoms with Gasteiger partial charge in [0.25, 0.3) is 5.91 Å². The molecule has 1 aromatic carbocycles. The number of carbonyl (C=O) groups is 1. The molecule has 1 aliphatic heterocycles. The molecule has 0 aromatic heterocycles. The highest BCUT2D eigenvalue weighted by Gasteiger charge is 2.27. The molecule has 0 aliphatic carbocycles. The van der Waals surface area contributed by atoms with Gasteiger partial charge in [0, 0.05) is 44.8 Å². The van der Waals surface area contributed by atoms with E-state index in [9.17, 15) is 9.90 Å². The molecule has 1 aliphatic rings. The minimum atomic E-state index is -0.0379. The number of carbonyl (C=O) groups excluding carboxylic acids is 1. The van der Waals surface area contributed by atoms with E-state index in [4.69, 9.17) is 0 Å². The summed E-state index contributed by atoms with van der Waals surface area (Å²) in [7, 11) is 3.70. The lowest BCUT2D eigenvalue weighted by Gasteiger charge is -2.22. The van der Waals surface area contributed by atoms with E-state index in [1.54, 1.807) is 42.4 Å². The Balaban J connectivity index is 2.44. The van der Waals surface area contributed by atoms with Gasteiger partial charge in [-0.2, -0.15) is 0 Å². The van der Waals surface area contributed by atoms with E-state index in [-0.39, 0.29) is 11.7 Å². The highest BCUT2D eigenvalue weighted by molar-refractivity contribution is 6.19. The maximum absolute atomic E-state index is 12.9. The van der Waals surface area contributed by atoms with Crippen LogP contribution in [0.5, 0.6) is 5.75 Å². The lowest BCUT2D eigenvalue weighted by Crippen LogP contribution is -2.34. The van der Waals surface area contributed by atoms with Crippen molar-refractivity contribution >= 4 is 17.8 Å². The van der Waals surface area contributed by atoms with Gasteiger partial charge >= 0.3 is 0 Å². The third-order valence-electron chi connectivity index (χ3n) is 3.81. The van der Waals surface area contributed by atoms with Crippen LogP contribution in [0.15, 0.2) is 40.5 Å². The lowest BCUT2D eigenvalue weighted by molar-refractivity contribution is -0.114. The number of phenols is 1. The topological polar surface area (TPSA) is 56.1 Å². The van der Waals surface area contributed by atoms with Crippen molar-refractivity contribution in [1.29, 1.82) is 0 Å². The van der Waals surface area contributed by atoms with Crippen LogP contribution in [0.2, 0.25) is 0 Å². The molecule has 0 atom stereocenters. The predicted molar refractivity (Wildman–Crippen MR) is 89.4 cm³/mol. The number of aromatic hydroxyl groups is 1. The minimum Gasteiger partial charge on any atom is -0.508 e. The van der Waals surface area contributed by atoms with E-state index < -0.39 is 0 Å². The van der Waals surface area contributed by atoms with Crippen molar-refractivity contribution in [3.63, 3.8) is 0 Å². The van der Waals surface area contributed by atoms with Gasteiger partial charge in [-0.25, -0.2) is 0 Å². The zero-order chi connectivity index (χ0) is 16.1. The first kappa shape index (κ1) is 16.1. The van der Waals surface area contributed by atoms with Crippen molar-refractivity contribution in [1.82, 2.24) is 4.90 Å². The first-order chi connectivity index (χ1) is 10.6. The standard InChI is InChI=1S/C17H23N3O2/c1-4-5-16-15(12-18-2)17(22)20(11-10-19(16)3)13-6-8-14(21)9-7-13/h6-9,12,21H,4-5,10-11H2,1-3H3. The zero-order valence-corrected chi connectivity index (χ0v) is 13.4. The van der Waals surface area contributed by atoms with Crippen LogP contribution in [0.25, 0.3) is 0 Å².